The predicted octanol–water partition coefficient (Wildman–Crippen LogP) is 2.92. The summed E-state index contributed by atoms with van der Waals surface area (Å²) < 4.78 is 11.2. The molecule has 164 valence electrons. The summed E-state index contributed by atoms with van der Waals surface area (Å²) in [5.41, 5.74) is 0.0270. The van der Waals surface area contributed by atoms with Crippen LogP contribution in [0.3, 0.4) is 0 Å². The minimum absolute atomic E-state index is 0.283. The zero-order valence-corrected chi connectivity index (χ0v) is 18.0. The molecule has 0 unspecified atom stereocenters. The molecule has 1 aliphatic heterocycles. The number of imide groups is 1. The summed E-state index contributed by atoms with van der Waals surface area (Å²) >= 11 is 0. The largest absolute Gasteiger partial charge is 0.490 e. The van der Waals surface area contributed by atoms with Gasteiger partial charge in [-0.2, -0.15) is 0 Å². The molecule has 0 bridgehead atoms. The van der Waals surface area contributed by atoms with Gasteiger partial charge in [0.15, 0.2) is 11.5 Å². The Morgan fingerprint density at radius 1 is 1.13 bits per heavy atom. The van der Waals surface area contributed by atoms with Crippen LogP contribution in [0.15, 0.2) is 18.2 Å². The maximum Gasteiger partial charge on any atom is 0.325 e. The second-order valence-electron chi connectivity index (χ2n) is 7.83. The number of rotatable bonds is 8. The summed E-state index contributed by atoms with van der Waals surface area (Å²) in [6, 6.07) is 4.71. The van der Waals surface area contributed by atoms with Crippen LogP contribution in [0.2, 0.25) is 0 Å². The first kappa shape index (κ1) is 21.9. The van der Waals surface area contributed by atoms with Gasteiger partial charge in [0.2, 0.25) is 5.91 Å². The lowest BCUT2D eigenvalue weighted by atomic mass is 9.82. The number of urea groups is 1. The Balaban J connectivity index is 1.64. The predicted molar refractivity (Wildman–Crippen MR) is 111 cm³/mol. The highest BCUT2D eigenvalue weighted by molar-refractivity contribution is 6.09. The minimum Gasteiger partial charge on any atom is -0.490 e. The number of nitrogens with zero attached hydrogens (tertiary/aromatic N) is 1. The number of nitrogens with one attached hydrogen (secondary N) is 2. The topological polar surface area (TPSA) is 97.0 Å². The lowest BCUT2D eigenvalue weighted by Crippen LogP contribution is -2.49. The number of hydrogen-bond donors (Lipinski definition) is 2. The molecule has 1 aromatic carbocycles. The van der Waals surface area contributed by atoms with Gasteiger partial charge >= 0.3 is 6.03 Å². The maximum atomic E-state index is 12.8. The van der Waals surface area contributed by atoms with E-state index in [-0.39, 0.29) is 24.4 Å². The molecule has 1 spiro atoms. The van der Waals surface area contributed by atoms with E-state index in [1.165, 1.54) is 0 Å². The van der Waals surface area contributed by atoms with Gasteiger partial charge in [-0.15, -0.1) is 0 Å². The zero-order chi connectivity index (χ0) is 21.7. The van der Waals surface area contributed by atoms with Crippen LogP contribution in [0.25, 0.3) is 0 Å². The molecule has 2 fully saturated rings. The Kier molecular flexibility index (Phi) is 6.84. The van der Waals surface area contributed by atoms with E-state index in [4.69, 9.17) is 9.47 Å². The van der Waals surface area contributed by atoms with Gasteiger partial charge in [0, 0.05) is 0 Å². The molecule has 0 radical (unpaired) electrons. The molecule has 4 amide bonds. The van der Waals surface area contributed by atoms with E-state index in [1.807, 2.05) is 39.0 Å². The monoisotopic (exact) mass is 417 g/mol. The van der Waals surface area contributed by atoms with Gasteiger partial charge in [-0.25, -0.2) is 4.79 Å². The van der Waals surface area contributed by atoms with Crippen LogP contribution in [0.1, 0.15) is 64.5 Å². The first-order valence-corrected chi connectivity index (χ1v) is 10.7. The molecule has 8 nitrogen and oxygen atoms in total. The van der Waals surface area contributed by atoms with E-state index in [1.54, 1.807) is 0 Å². The highest BCUT2D eigenvalue weighted by Gasteiger charge is 2.51. The van der Waals surface area contributed by atoms with Crippen LogP contribution < -0.4 is 20.1 Å². The lowest BCUT2D eigenvalue weighted by molar-refractivity contribution is -0.136. The van der Waals surface area contributed by atoms with Gasteiger partial charge in [-0.3, -0.25) is 14.5 Å². The van der Waals surface area contributed by atoms with Crippen molar-refractivity contribution in [1.29, 1.82) is 0 Å². The van der Waals surface area contributed by atoms with Gasteiger partial charge in [0.1, 0.15) is 12.1 Å². The average Bonchev–Trinajstić information content (AvgIpc) is 2.94. The SMILES string of the molecule is CCOc1ccc([C@H](C)NC(=O)CN2C(=O)NC3(CCCCC3)C2=O)cc1OCC. The van der Waals surface area contributed by atoms with Crippen molar-refractivity contribution in [3.8, 4) is 11.5 Å². The maximum absolute atomic E-state index is 12.8. The number of ether oxygens (including phenoxy) is 2. The molecule has 2 aliphatic rings. The molecular weight excluding hydrogens is 386 g/mol. The van der Waals surface area contributed by atoms with Crippen LogP contribution >= 0.6 is 0 Å². The number of amides is 4. The van der Waals surface area contributed by atoms with E-state index in [0.29, 0.717) is 37.6 Å². The Morgan fingerprint density at radius 2 is 1.80 bits per heavy atom. The summed E-state index contributed by atoms with van der Waals surface area (Å²) in [7, 11) is 0. The number of carbonyl (C=O) groups excluding carboxylic acids is 3. The summed E-state index contributed by atoms with van der Waals surface area (Å²) in [4.78, 5) is 38.8. The molecule has 1 saturated heterocycles. The minimum atomic E-state index is -0.817. The molecule has 3 rings (SSSR count). The molecule has 0 aromatic heterocycles. The fourth-order valence-electron chi connectivity index (χ4n) is 4.17. The van der Waals surface area contributed by atoms with Crippen molar-refractivity contribution in [3.63, 3.8) is 0 Å². The Hall–Kier alpha value is -2.77. The van der Waals surface area contributed by atoms with Gasteiger partial charge in [-0.1, -0.05) is 25.3 Å². The summed E-state index contributed by atoms with van der Waals surface area (Å²) in [5.74, 6) is 0.602. The third kappa shape index (κ3) is 4.52. The van der Waals surface area contributed by atoms with Crippen molar-refractivity contribution >= 4 is 17.8 Å². The average molecular weight is 418 g/mol. The first-order chi connectivity index (χ1) is 14.4. The Morgan fingerprint density at radius 3 is 2.47 bits per heavy atom. The molecule has 1 atom stereocenters. The third-order valence-electron chi connectivity index (χ3n) is 5.70. The van der Waals surface area contributed by atoms with E-state index >= 15 is 0 Å². The summed E-state index contributed by atoms with van der Waals surface area (Å²) in [5, 5.41) is 5.69. The van der Waals surface area contributed by atoms with Crippen molar-refractivity contribution in [2.45, 2.75) is 64.5 Å². The Labute approximate surface area is 177 Å². The van der Waals surface area contributed by atoms with Gasteiger partial charge < -0.3 is 20.1 Å². The van der Waals surface area contributed by atoms with Crippen molar-refractivity contribution < 1.29 is 23.9 Å². The zero-order valence-electron chi connectivity index (χ0n) is 18.0. The van der Waals surface area contributed by atoms with Gasteiger partial charge in [0.05, 0.1) is 19.3 Å². The fraction of sp³-hybridized carbons (Fsp3) is 0.591. The van der Waals surface area contributed by atoms with Crippen LogP contribution in [0.5, 0.6) is 11.5 Å². The Bertz CT molecular complexity index is 804. The fourth-order valence-corrected chi connectivity index (χ4v) is 4.17. The molecule has 2 N–H and O–H groups in total. The quantitative estimate of drug-likeness (QED) is 0.634. The van der Waals surface area contributed by atoms with Gasteiger partial charge in [-0.05, 0) is 51.3 Å². The summed E-state index contributed by atoms with van der Waals surface area (Å²) in [6.45, 7) is 6.38. The van der Waals surface area contributed by atoms with Crippen molar-refractivity contribution in [2.75, 3.05) is 19.8 Å². The first-order valence-electron chi connectivity index (χ1n) is 10.7. The highest BCUT2D eigenvalue weighted by Crippen LogP contribution is 2.34. The number of benzene rings is 1. The second kappa shape index (κ2) is 9.36. The molecule has 30 heavy (non-hydrogen) atoms. The highest BCUT2D eigenvalue weighted by atomic mass is 16.5. The molecule has 1 saturated carbocycles. The number of hydrogen-bond acceptors (Lipinski definition) is 5. The standard InChI is InChI=1S/C22H31N3O5/c1-4-29-17-10-9-16(13-18(17)30-5-2)15(3)23-19(26)14-25-20(27)22(24-21(25)28)11-7-6-8-12-22/h9-10,13,15H,4-8,11-12,14H2,1-3H3,(H,23,26)(H,24,28)/t15-/m0/s1. The van der Waals surface area contributed by atoms with Crippen LogP contribution in [0.4, 0.5) is 4.79 Å². The third-order valence-corrected chi connectivity index (χ3v) is 5.70. The van der Waals surface area contributed by atoms with Crippen LogP contribution in [0, 0.1) is 0 Å². The summed E-state index contributed by atoms with van der Waals surface area (Å²) in [6.07, 6.45) is 4.15. The lowest BCUT2D eigenvalue weighted by Gasteiger charge is -2.30. The van der Waals surface area contributed by atoms with Crippen molar-refractivity contribution in [3.05, 3.63) is 23.8 Å². The molecular formula is C22H31N3O5. The number of carbonyl (C=O) groups is 3. The van der Waals surface area contributed by atoms with Gasteiger partial charge in [0.25, 0.3) is 5.91 Å². The second-order valence-corrected chi connectivity index (χ2v) is 7.83. The molecule has 1 aliphatic carbocycles. The van der Waals surface area contributed by atoms with Crippen molar-refractivity contribution in [1.82, 2.24) is 15.5 Å². The van der Waals surface area contributed by atoms with E-state index in [0.717, 1.165) is 29.7 Å². The molecule has 1 heterocycles. The van der Waals surface area contributed by atoms with Crippen LogP contribution in [-0.4, -0.2) is 48.0 Å². The smallest absolute Gasteiger partial charge is 0.325 e. The molecule has 1 aromatic rings. The molecule has 8 heteroatoms. The normalized spacial score (nSPS) is 18.8. The van der Waals surface area contributed by atoms with E-state index in [9.17, 15) is 14.4 Å². The van der Waals surface area contributed by atoms with Crippen molar-refractivity contribution in [2.24, 2.45) is 0 Å². The van der Waals surface area contributed by atoms with Crippen LogP contribution in [-0.2, 0) is 9.59 Å². The van der Waals surface area contributed by atoms with E-state index in [2.05, 4.69) is 10.6 Å². The van der Waals surface area contributed by atoms with E-state index < -0.39 is 11.6 Å².